The minimum Gasteiger partial charge on any atom is -0.435 e. The molecule has 1 aliphatic carbocycles. The van der Waals surface area contributed by atoms with Crippen molar-refractivity contribution in [1.82, 2.24) is 0 Å². The van der Waals surface area contributed by atoms with Crippen molar-refractivity contribution in [3.05, 3.63) is 42.0 Å². The van der Waals surface area contributed by atoms with Crippen LogP contribution in [0.3, 0.4) is 0 Å². The first-order valence-corrected chi connectivity index (χ1v) is 7.39. The molecule has 0 spiro atoms. The SMILES string of the molecule is COC/C=C/C1CCC(c2ccc(OC(F)F)cc2)CC1. The molecule has 0 bridgehead atoms. The van der Waals surface area contributed by atoms with Crippen molar-refractivity contribution in [2.24, 2.45) is 5.92 Å². The maximum Gasteiger partial charge on any atom is 0.387 e. The normalized spacial score (nSPS) is 22.9. The van der Waals surface area contributed by atoms with Crippen molar-refractivity contribution in [3.63, 3.8) is 0 Å². The Bertz CT molecular complexity index is 435. The van der Waals surface area contributed by atoms with E-state index in [0.717, 1.165) is 12.8 Å². The fourth-order valence-electron chi connectivity index (χ4n) is 2.91. The van der Waals surface area contributed by atoms with E-state index in [1.807, 2.05) is 12.1 Å². The minimum absolute atomic E-state index is 0.227. The lowest BCUT2D eigenvalue weighted by Crippen LogP contribution is -2.12. The fourth-order valence-corrected chi connectivity index (χ4v) is 2.91. The summed E-state index contributed by atoms with van der Waals surface area (Å²) in [6, 6.07) is 7.07. The highest BCUT2D eigenvalue weighted by Gasteiger charge is 2.20. The van der Waals surface area contributed by atoms with Gasteiger partial charge in [0.15, 0.2) is 0 Å². The van der Waals surface area contributed by atoms with Gasteiger partial charge < -0.3 is 9.47 Å². The van der Waals surface area contributed by atoms with Crippen molar-refractivity contribution in [1.29, 1.82) is 0 Å². The summed E-state index contributed by atoms with van der Waals surface area (Å²) < 4.78 is 33.6. The Morgan fingerprint density at radius 3 is 2.38 bits per heavy atom. The lowest BCUT2D eigenvalue weighted by molar-refractivity contribution is -0.0498. The van der Waals surface area contributed by atoms with Crippen LogP contribution >= 0.6 is 0 Å². The first kappa shape index (κ1) is 16.0. The average Bonchev–Trinajstić information content (AvgIpc) is 2.49. The second-order valence-electron chi connectivity index (χ2n) is 5.44. The molecule has 1 aromatic carbocycles. The lowest BCUT2D eigenvalue weighted by atomic mass is 9.78. The van der Waals surface area contributed by atoms with Crippen LogP contribution in [0.25, 0.3) is 0 Å². The predicted octanol–water partition coefficient (Wildman–Crippen LogP) is 4.76. The van der Waals surface area contributed by atoms with Gasteiger partial charge in [0, 0.05) is 7.11 Å². The zero-order valence-corrected chi connectivity index (χ0v) is 12.3. The topological polar surface area (TPSA) is 18.5 Å². The number of halogens is 2. The number of allylic oxidation sites excluding steroid dienone is 1. The lowest BCUT2D eigenvalue weighted by Gasteiger charge is -2.27. The summed E-state index contributed by atoms with van der Waals surface area (Å²) in [5, 5.41) is 0. The van der Waals surface area contributed by atoms with E-state index in [4.69, 9.17) is 4.74 Å². The summed E-state index contributed by atoms with van der Waals surface area (Å²) in [6.45, 7) is -2.09. The number of rotatable bonds is 6. The molecule has 0 aromatic heterocycles. The number of alkyl halides is 2. The molecule has 1 aromatic rings. The third-order valence-corrected chi connectivity index (χ3v) is 4.02. The van der Waals surface area contributed by atoms with E-state index >= 15 is 0 Å². The summed E-state index contributed by atoms with van der Waals surface area (Å²) in [7, 11) is 1.70. The number of benzene rings is 1. The standard InChI is InChI=1S/C17H22F2O2/c1-20-12-2-3-13-4-6-14(7-5-13)15-8-10-16(11-9-15)21-17(18)19/h2-3,8-11,13-14,17H,4-7,12H2,1H3/b3-2+. The first-order chi connectivity index (χ1) is 10.2. The first-order valence-electron chi connectivity index (χ1n) is 7.39. The molecule has 116 valence electrons. The van der Waals surface area contributed by atoms with Gasteiger partial charge in [-0.2, -0.15) is 8.78 Å². The fraction of sp³-hybridized carbons (Fsp3) is 0.529. The molecule has 0 amide bonds. The second kappa shape index (κ2) is 8.13. The van der Waals surface area contributed by atoms with Gasteiger partial charge in [-0.25, -0.2) is 0 Å². The highest BCUT2D eigenvalue weighted by molar-refractivity contribution is 5.29. The summed E-state index contributed by atoms with van der Waals surface area (Å²) in [6.07, 6.45) is 8.94. The Morgan fingerprint density at radius 2 is 1.81 bits per heavy atom. The van der Waals surface area contributed by atoms with Crippen LogP contribution < -0.4 is 4.74 Å². The molecule has 0 saturated heterocycles. The quantitative estimate of drug-likeness (QED) is 0.704. The van der Waals surface area contributed by atoms with Gasteiger partial charge in [-0.3, -0.25) is 0 Å². The molecule has 4 heteroatoms. The van der Waals surface area contributed by atoms with Crippen molar-refractivity contribution in [3.8, 4) is 5.75 Å². The Labute approximate surface area is 124 Å². The molecule has 1 aliphatic rings. The molecule has 0 radical (unpaired) electrons. The van der Waals surface area contributed by atoms with Gasteiger partial charge in [-0.1, -0.05) is 24.3 Å². The van der Waals surface area contributed by atoms with E-state index in [-0.39, 0.29) is 5.75 Å². The molecular formula is C17H22F2O2. The van der Waals surface area contributed by atoms with Crippen molar-refractivity contribution in [2.45, 2.75) is 38.2 Å². The van der Waals surface area contributed by atoms with Crippen LogP contribution in [0.2, 0.25) is 0 Å². The second-order valence-corrected chi connectivity index (χ2v) is 5.44. The van der Waals surface area contributed by atoms with Crippen LogP contribution in [0.5, 0.6) is 5.75 Å². The zero-order chi connectivity index (χ0) is 15.1. The molecule has 0 aliphatic heterocycles. The van der Waals surface area contributed by atoms with Crippen molar-refractivity contribution in [2.75, 3.05) is 13.7 Å². The molecule has 0 atom stereocenters. The molecule has 0 N–H and O–H groups in total. The van der Waals surface area contributed by atoms with Crippen LogP contribution in [0.1, 0.15) is 37.2 Å². The van der Waals surface area contributed by atoms with Gasteiger partial charge in [-0.15, -0.1) is 0 Å². The number of hydrogen-bond donors (Lipinski definition) is 0. The van der Waals surface area contributed by atoms with E-state index in [9.17, 15) is 8.78 Å². The van der Waals surface area contributed by atoms with Crippen LogP contribution in [-0.2, 0) is 4.74 Å². The number of hydrogen-bond acceptors (Lipinski definition) is 2. The Balaban J connectivity index is 1.84. The number of methoxy groups -OCH3 is 1. The van der Waals surface area contributed by atoms with Crippen LogP contribution in [-0.4, -0.2) is 20.3 Å². The van der Waals surface area contributed by atoms with Gasteiger partial charge >= 0.3 is 6.61 Å². The summed E-state index contributed by atoms with van der Waals surface area (Å²) >= 11 is 0. The summed E-state index contributed by atoms with van der Waals surface area (Å²) in [4.78, 5) is 0. The average molecular weight is 296 g/mol. The Morgan fingerprint density at radius 1 is 1.14 bits per heavy atom. The van der Waals surface area contributed by atoms with Gasteiger partial charge in [0.25, 0.3) is 0 Å². The molecular weight excluding hydrogens is 274 g/mol. The van der Waals surface area contributed by atoms with E-state index in [1.165, 1.54) is 18.4 Å². The highest BCUT2D eigenvalue weighted by atomic mass is 19.3. The maximum atomic E-state index is 12.1. The Hall–Kier alpha value is -1.42. The third kappa shape index (κ3) is 5.12. The summed E-state index contributed by atoms with van der Waals surface area (Å²) in [5.41, 5.74) is 1.22. The predicted molar refractivity (Wildman–Crippen MR) is 78.8 cm³/mol. The van der Waals surface area contributed by atoms with E-state index in [0.29, 0.717) is 18.4 Å². The van der Waals surface area contributed by atoms with Crippen molar-refractivity contribution >= 4 is 0 Å². The van der Waals surface area contributed by atoms with Gasteiger partial charge in [0.05, 0.1) is 6.61 Å². The smallest absolute Gasteiger partial charge is 0.387 e. The van der Waals surface area contributed by atoms with Gasteiger partial charge in [0.1, 0.15) is 5.75 Å². The van der Waals surface area contributed by atoms with Gasteiger partial charge in [0.2, 0.25) is 0 Å². The molecule has 0 unspecified atom stereocenters. The van der Waals surface area contributed by atoms with Crippen LogP contribution in [0.15, 0.2) is 36.4 Å². The molecule has 2 nitrogen and oxygen atoms in total. The molecule has 2 rings (SSSR count). The van der Waals surface area contributed by atoms with E-state index in [1.54, 1.807) is 19.2 Å². The van der Waals surface area contributed by atoms with Crippen LogP contribution in [0, 0.1) is 5.92 Å². The molecule has 1 fully saturated rings. The maximum absolute atomic E-state index is 12.1. The Kier molecular flexibility index (Phi) is 6.18. The zero-order valence-electron chi connectivity index (χ0n) is 12.3. The van der Waals surface area contributed by atoms with Crippen molar-refractivity contribution < 1.29 is 18.3 Å². The minimum atomic E-state index is -2.76. The molecule has 0 heterocycles. The van der Waals surface area contributed by atoms with E-state index in [2.05, 4.69) is 16.9 Å². The largest absolute Gasteiger partial charge is 0.435 e. The van der Waals surface area contributed by atoms with Crippen LogP contribution in [0.4, 0.5) is 8.78 Å². The molecule has 21 heavy (non-hydrogen) atoms. The molecule has 1 saturated carbocycles. The highest BCUT2D eigenvalue weighted by Crippen LogP contribution is 2.36. The van der Waals surface area contributed by atoms with E-state index < -0.39 is 6.61 Å². The van der Waals surface area contributed by atoms with Gasteiger partial charge in [-0.05, 0) is 55.2 Å². The monoisotopic (exact) mass is 296 g/mol. The number of ether oxygens (including phenoxy) is 2. The summed E-state index contributed by atoms with van der Waals surface area (Å²) in [5.74, 6) is 1.39. The third-order valence-electron chi connectivity index (χ3n) is 4.02.